The topological polar surface area (TPSA) is 97.4 Å². The Bertz CT molecular complexity index is 1400. The van der Waals surface area contributed by atoms with Crippen LogP contribution >= 0.6 is 0 Å². The predicted molar refractivity (Wildman–Crippen MR) is 192 cm³/mol. The fraction of sp³-hybridized carbons (Fsp3) is 0.548. The van der Waals surface area contributed by atoms with E-state index in [4.69, 9.17) is 23.7 Å². The van der Waals surface area contributed by atoms with Crippen molar-refractivity contribution in [2.45, 2.75) is 122 Å². The van der Waals surface area contributed by atoms with Crippen LogP contribution in [0.4, 0.5) is 0 Å². The quantitative estimate of drug-likeness (QED) is 0.0506. The van der Waals surface area contributed by atoms with E-state index in [2.05, 4.69) is 42.7 Å². The van der Waals surface area contributed by atoms with Crippen molar-refractivity contribution in [2.75, 3.05) is 19.8 Å². The monoisotopic (exact) mass is 686 g/mol. The molecule has 0 aromatic heterocycles. The normalized spacial score (nSPS) is 20.4. The molecule has 0 unspecified atom stereocenters. The van der Waals surface area contributed by atoms with Crippen LogP contribution in [0.2, 0.25) is 0 Å². The summed E-state index contributed by atoms with van der Waals surface area (Å²) in [7, 11) is 0. The number of esters is 3. The van der Waals surface area contributed by atoms with Gasteiger partial charge in [-0.1, -0.05) is 101 Å². The van der Waals surface area contributed by atoms with Gasteiger partial charge in [0, 0.05) is 22.8 Å². The summed E-state index contributed by atoms with van der Waals surface area (Å²) >= 11 is 0. The third-order valence-corrected chi connectivity index (χ3v) is 9.47. The number of hydrogen-bond donors (Lipinski definition) is 0. The van der Waals surface area contributed by atoms with Crippen LogP contribution in [0.5, 0.6) is 0 Å². The molecule has 8 nitrogen and oxygen atoms in total. The van der Waals surface area contributed by atoms with E-state index < -0.39 is 30.4 Å². The Labute approximate surface area is 298 Å². The van der Waals surface area contributed by atoms with Crippen molar-refractivity contribution >= 4 is 17.9 Å². The Morgan fingerprint density at radius 3 is 1.96 bits per heavy atom. The van der Waals surface area contributed by atoms with E-state index in [-0.39, 0.29) is 19.2 Å². The number of ether oxygens (including phenoxy) is 5. The maximum atomic E-state index is 12.9. The molecular formula is C42H54O8. The molecule has 2 atom stereocenters. The second kappa shape index (κ2) is 21.3. The lowest BCUT2D eigenvalue weighted by Crippen LogP contribution is -2.39. The molecule has 4 rings (SSSR count). The van der Waals surface area contributed by atoms with E-state index in [0.29, 0.717) is 23.7 Å². The smallest absolute Gasteiger partial charge is 0.338 e. The molecule has 2 fully saturated rings. The predicted octanol–water partition coefficient (Wildman–Crippen LogP) is 8.51. The second-order valence-corrected chi connectivity index (χ2v) is 13.2. The first-order chi connectivity index (χ1) is 24.4. The van der Waals surface area contributed by atoms with Gasteiger partial charge in [0.2, 0.25) is 0 Å². The molecule has 1 saturated carbocycles. The minimum absolute atomic E-state index is 0.250. The van der Waals surface area contributed by atoms with Crippen LogP contribution in [-0.4, -0.2) is 49.9 Å². The molecule has 0 radical (unpaired) electrons. The number of benzene rings is 2. The highest BCUT2D eigenvalue weighted by Crippen LogP contribution is 2.38. The van der Waals surface area contributed by atoms with Crippen LogP contribution in [0, 0.1) is 17.8 Å². The van der Waals surface area contributed by atoms with E-state index in [9.17, 15) is 14.4 Å². The van der Waals surface area contributed by atoms with Gasteiger partial charge in [0.1, 0.15) is 0 Å². The number of rotatable bonds is 18. The number of carbonyl (C=O) groups is 3. The Hall–Kier alpha value is -3.93. The van der Waals surface area contributed by atoms with Crippen molar-refractivity contribution in [1.82, 2.24) is 0 Å². The lowest BCUT2D eigenvalue weighted by atomic mass is 9.77. The zero-order valence-electron chi connectivity index (χ0n) is 29.9. The third kappa shape index (κ3) is 12.1. The SMILES string of the molecule is C=CC(=O)OCCCCCC[C@H]1CC[C@H](c2ccc(C#Cc3ccccc3C3O[C@@H](C(=O)OCCCC)[C@H](C(=O)OCCCC)O3)cc2)CC1. The van der Waals surface area contributed by atoms with Crippen molar-refractivity contribution in [3.8, 4) is 11.8 Å². The molecule has 8 heteroatoms. The number of carbonyl (C=O) groups excluding carboxylic acids is 3. The zero-order valence-corrected chi connectivity index (χ0v) is 29.9. The molecule has 0 N–H and O–H groups in total. The van der Waals surface area contributed by atoms with Crippen LogP contribution in [0.15, 0.2) is 61.2 Å². The average Bonchev–Trinajstić information content (AvgIpc) is 3.60. The van der Waals surface area contributed by atoms with E-state index in [1.807, 2.05) is 38.1 Å². The van der Waals surface area contributed by atoms with E-state index >= 15 is 0 Å². The van der Waals surface area contributed by atoms with E-state index in [1.54, 1.807) is 0 Å². The van der Waals surface area contributed by atoms with Gasteiger partial charge in [-0.15, -0.1) is 0 Å². The van der Waals surface area contributed by atoms with Gasteiger partial charge >= 0.3 is 17.9 Å². The lowest BCUT2D eigenvalue weighted by Gasteiger charge is -2.29. The Morgan fingerprint density at radius 2 is 1.34 bits per heavy atom. The molecular weight excluding hydrogens is 632 g/mol. The molecule has 1 aliphatic heterocycles. The highest BCUT2D eigenvalue weighted by molar-refractivity contribution is 5.86. The molecule has 2 aromatic carbocycles. The summed E-state index contributed by atoms with van der Waals surface area (Å²) in [4.78, 5) is 37.0. The first-order valence-electron chi connectivity index (χ1n) is 18.6. The number of hydrogen-bond acceptors (Lipinski definition) is 8. The summed E-state index contributed by atoms with van der Waals surface area (Å²) in [5, 5.41) is 0. The van der Waals surface area contributed by atoms with Gasteiger partial charge in [0.15, 0.2) is 18.5 Å². The van der Waals surface area contributed by atoms with E-state index in [0.717, 1.165) is 50.0 Å². The van der Waals surface area contributed by atoms with Crippen LogP contribution in [0.3, 0.4) is 0 Å². The Kier molecular flexibility index (Phi) is 16.6. The van der Waals surface area contributed by atoms with Crippen LogP contribution in [0.1, 0.15) is 132 Å². The maximum absolute atomic E-state index is 12.9. The molecule has 0 bridgehead atoms. The highest BCUT2D eigenvalue weighted by Gasteiger charge is 2.48. The van der Waals surface area contributed by atoms with Gasteiger partial charge in [-0.05, 0) is 80.5 Å². The minimum atomic E-state index is -1.22. The first kappa shape index (κ1) is 38.9. The molecule has 50 heavy (non-hydrogen) atoms. The molecule has 2 aromatic rings. The zero-order chi connectivity index (χ0) is 35.6. The summed E-state index contributed by atoms with van der Waals surface area (Å²) in [6.07, 6.45) is 11.6. The standard InChI is InChI=1S/C42H54O8/c1-4-7-28-47-40(44)38-39(41(45)48-29-8-5-2)50-42(49-38)36-17-13-12-16-35(36)27-22-32-20-25-34(26-21-32)33-23-18-31(19-24-33)15-11-9-10-14-30-46-37(43)6-3/h6,12-13,16-17,20-21,25-26,31,33,38-39,42H,3-5,7-11,14-15,18-19,23-24,28-30H2,1-2H3/t31-,33-,38-,39-/m1/s1. The number of unbranched alkanes of at least 4 members (excludes halogenated alkanes) is 5. The summed E-state index contributed by atoms with van der Waals surface area (Å²) in [6.45, 7) is 8.42. The summed E-state index contributed by atoms with van der Waals surface area (Å²) in [6, 6.07) is 16.0. The molecule has 1 aliphatic carbocycles. The highest BCUT2D eigenvalue weighted by atomic mass is 16.8. The molecule has 2 aliphatic rings. The molecule has 0 amide bonds. The Balaban J connectivity index is 1.30. The van der Waals surface area contributed by atoms with Crippen molar-refractivity contribution in [3.05, 3.63) is 83.4 Å². The van der Waals surface area contributed by atoms with Gasteiger partial charge in [0.25, 0.3) is 0 Å². The van der Waals surface area contributed by atoms with Crippen molar-refractivity contribution in [2.24, 2.45) is 5.92 Å². The molecule has 0 spiro atoms. The van der Waals surface area contributed by atoms with Crippen LogP contribution in [0.25, 0.3) is 0 Å². The molecule has 1 saturated heterocycles. The van der Waals surface area contributed by atoms with E-state index in [1.165, 1.54) is 56.6 Å². The fourth-order valence-electron chi connectivity index (χ4n) is 6.44. The fourth-order valence-corrected chi connectivity index (χ4v) is 6.44. The van der Waals surface area contributed by atoms with Crippen molar-refractivity contribution in [3.63, 3.8) is 0 Å². The lowest BCUT2D eigenvalue weighted by molar-refractivity contribution is -0.163. The second-order valence-electron chi connectivity index (χ2n) is 13.2. The molecule has 1 heterocycles. The van der Waals surface area contributed by atoms with Gasteiger partial charge in [-0.25, -0.2) is 14.4 Å². The van der Waals surface area contributed by atoms with Gasteiger partial charge in [-0.2, -0.15) is 0 Å². The van der Waals surface area contributed by atoms with Gasteiger partial charge in [-0.3, -0.25) is 0 Å². The van der Waals surface area contributed by atoms with Gasteiger partial charge < -0.3 is 23.7 Å². The summed E-state index contributed by atoms with van der Waals surface area (Å²) in [5.74, 6) is 6.30. The van der Waals surface area contributed by atoms with Crippen molar-refractivity contribution < 1.29 is 38.1 Å². The van der Waals surface area contributed by atoms with Crippen molar-refractivity contribution in [1.29, 1.82) is 0 Å². The summed E-state index contributed by atoms with van der Waals surface area (Å²) in [5.41, 5.74) is 3.59. The Morgan fingerprint density at radius 1 is 0.740 bits per heavy atom. The first-order valence-corrected chi connectivity index (χ1v) is 18.6. The largest absolute Gasteiger partial charge is 0.464 e. The summed E-state index contributed by atoms with van der Waals surface area (Å²) < 4.78 is 27.9. The average molecular weight is 687 g/mol. The van der Waals surface area contributed by atoms with Gasteiger partial charge in [0.05, 0.1) is 19.8 Å². The van der Waals surface area contributed by atoms with Crippen LogP contribution < -0.4 is 0 Å². The maximum Gasteiger partial charge on any atom is 0.338 e. The van der Waals surface area contributed by atoms with Crippen LogP contribution in [-0.2, 0) is 38.1 Å². The third-order valence-electron chi connectivity index (χ3n) is 9.47. The molecule has 270 valence electrons. The minimum Gasteiger partial charge on any atom is -0.464 e.